The third-order valence-corrected chi connectivity index (χ3v) is 5.69. The van der Waals surface area contributed by atoms with Crippen LogP contribution in [0.15, 0.2) is 58.2 Å². The lowest BCUT2D eigenvalue weighted by atomic mass is 10.1. The SMILES string of the molecule is COc1nc(Br)ccc1Oc1ncc(C(F)(F)F)cc1C(=O)Nc1cccc(S(C)(=O)=O)c1. The number of nitrogens with zero attached hydrogens (tertiary/aromatic N) is 2. The molecule has 0 fully saturated rings. The van der Waals surface area contributed by atoms with Crippen LogP contribution >= 0.6 is 15.9 Å². The summed E-state index contributed by atoms with van der Waals surface area (Å²) in [5.41, 5.74) is -1.67. The number of sulfone groups is 1. The topological polar surface area (TPSA) is 107 Å². The summed E-state index contributed by atoms with van der Waals surface area (Å²) < 4.78 is 74.3. The maximum Gasteiger partial charge on any atom is 0.417 e. The van der Waals surface area contributed by atoms with E-state index >= 15 is 0 Å². The minimum absolute atomic E-state index is 0.00100. The van der Waals surface area contributed by atoms with Gasteiger partial charge in [0.2, 0.25) is 5.88 Å². The van der Waals surface area contributed by atoms with Crippen molar-refractivity contribution in [3.8, 4) is 17.5 Å². The highest BCUT2D eigenvalue weighted by atomic mass is 79.9. The number of anilines is 1. The zero-order valence-electron chi connectivity index (χ0n) is 17.0. The maximum absolute atomic E-state index is 13.2. The molecule has 1 N–H and O–H groups in total. The van der Waals surface area contributed by atoms with E-state index < -0.39 is 38.9 Å². The molecule has 8 nitrogen and oxygen atoms in total. The van der Waals surface area contributed by atoms with Crippen LogP contribution in [0.5, 0.6) is 17.5 Å². The van der Waals surface area contributed by atoms with Gasteiger partial charge in [0, 0.05) is 18.1 Å². The van der Waals surface area contributed by atoms with E-state index in [1.165, 1.54) is 43.5 Å². The predicted molar refractivity (Wildman–Crippen MR) is 115 cm³/mol. The van der Waals surface area contributed by atoms with E-state index in [1.54, 1.807) is 0 Å². The Kier molecular flexibility index (Phi) is 6.93. The normalized spacial score (nSPS) is 11.7. The number of hydrogen-bond acceptors (Lipinski definition) is 7. The van der Waals surface area contributed by atoms with E-state index in [1.807, 2.05) is 0 Å². The molecule has 0 aliphatic rings. The van der Waals surface area contributed by atoms with Crippen molar-refractivity contribution in [1.82, 2.24) is 9.97 Å². The van der Waals surface area contributed by atoms with Gasteiger partial charge in [-0.2, -0.15) is 13.2 Å². The van der Waals surface area contributed by atoms with Crippen LogP contribution in [0.4, 0.5) is 18.9 Å². The van der Waals surface area contributed by atoms with E-state index in [9.17, 15) is 26.4 Å². The Labute approximate surface area is 194 Å². The molecule has 0 spiro atoms. The molecule has 0 saturated carbocycles. The van der Waals surface area contributed by atoms with Crippen molar-refractivity contribution < 1.29 is 35.9 Å². The lowest BCUT2D eigenvalue weighted by Gasteiger charge is -2.15. The van der Waals surface area contributed by atoms with Gasteiger partial charge in [-0.1, -0.05) is 6.07 Å². The number of rotatable bonds is 6. The monoisotopic (exact) mass is 545 g/mol. The van der Waals surface area contributed by atoms with Crippen LogP contribution in [0.3, 0.4) is 0 Å². The Balaban J connectivity index is 2.02. The molecule has 0 aliphatic heterocycles. The molecule has 2 heterocycles. The summed E-state index contributed by atoms with van der Waals surface area (Å²) >= 11 is 3.15. The molecule has 2 aromatic heterocycles. The highest BCUT2D eigenvalue weighted by molar-refractivity contribution is 9.10. The molecule has 0 unspecified atom stereocenters. The zero-order chi connectivity index (χ0) is 24.4. The van der Waals surface area contributed by atoms with Gasteiger partial charge in [-0.15, -0.1) is 0 Å². The summed E-state index contributed by atoms with van der Waals surface area (Å²) in [4.78, 5) is 20.5. The van der Waals surface area contributed by atoms with Gasteiger partial charge in [0.1, 0.15) is 10.2 Å². The van der Waals surface area contributed by atoms with Crippen molar-refractivity contribution in [3.63, 3.8) is 0 Å². The lowest BCUT2D eigenvalue weighted by molar-refractivity contribution is -0.137. The molecular weight excluding hydrogens is 531 g/mol. The number of benzene rings is 1. The Morgan fingerprint density at radius 2 is 1.85 bits per heavy atom. The first-order chi connectivity index (χ1) is 15.4. The Morgan fingerprint density at radius 3 is 2.48 bits per heavy atom. The number of nitrogens with one attached hydrogen (secondary N) is 1. The van der Waals surface area contributed by atoms with E-state index in [-0.39, 0.29) is 22.2 Å². The fourth-order valence-corrected chi connectivity index (χ4v) is 3.55. The summed E-state index contributed by atoms with van der Waals surface area (Å²) in [7, 11) is -2.26. The molecule has 13 heteroatoms. The number of pyridine rings is 2. The van der Waals surface area contributed by atoms with E-state index in [0.29, 0.717) is 16.9 Å². The molecule has 33 heavy (non-hydrogen) atoms. The Morgan fingerprint density at radius 1 is 1.12 bits per heavy atom. The minimum atomic E-state index is -4.77. The number of ether oxygens (including phenoxy) is 2. The van der Waals surface area contributed by atoms with Gasteiger partial charge in [-0.3, -0.25) is 4.79 Å². The van der Waals surface area contributed by atoms with Crippen molar-refractivity contribution >= 4 is 37.4 Å². The number of carbonyl (C=O) groups is 1. The first-order valence-corrected chi connectivity index (χ1v) is 11.6. The largest absolute Gasteiger partial charge is 0.478 e. The van der Waals surface area contributed by atoms with Crippen LogP contribution in [0.1, 0.15) is 15.9 Å². The molecule has 1 amide bonds. The molecule has 0 radical (unpaired) electrons. The zero-order valence-corrected chi connectivity index (χ0v) is 19.4. The summed E-state index contributed by atoms with van der Waals surface area (Å²) in [6, 6.07) is 8.76. The number of aromatic nitrogens is 2. The second-order valence-electron chi connectivity index (χ2n) is 6.57. The van der Waals surface area contributed by atoms with Crippen molar-refractivity contribution in [3.05, 3.63) is 64.4 Å². The number of methoxy groups -OCH3 is 1. The van der Waals surface area contributed by atoms with Crippen LogP contribution in [-0.4, -0.2) is 37.7 Å². The molecule has 3 aromatic rings. The van der Waals surface area contributed by atoms with Crippen molar-refractivity contribution in [2.45, 2.75) is 11.1 Å². The van der Waals surface area contributed by atoms with E-state index in [4.69, 9.17) is 9.47 Å². The Hall–Kier alpha value is -3.19. The summed E-state index contributed by atoms with van der Waals surface area (Å²) in [6.45, 7) is 0. The summed E-state index contributed by atoms with van der Waals surface area (Å²) in [5.74, 6) is -1.44. The minimum Gasteiger partial charge on any atom is -0.478 e. The number of alkyl halides is 3. The van der Waals surface area contributed by atoms with Gasteiger partial charge in [0.25, 0.3) is 11.8 Å². The molecule has 174 valence electrons. The quantitative estimate of drug-likeness (QED) is 0.446. The first-order valence-electron chi connectivity index (χ1n) is 8.95. The van der Waals surface area contributed by atoms with Crippen molar-refractivity contribution in [2.75, 3.05) is 18.7 Å². The van der Waals surface area contributed by atoms with Crippen LogP contribution in [-0.2, 0) is 16.0 Å². The molecule has 0 atom stereocenters. The Bertz CT molecular complexity index is 1320. The van der Waals surface area contributed by atoms with Gasteiger partial charge in [-0.05, 0) is 52.3 Å². The molecule has 3 rings (SSSR count). The van der Waals surface area contributed by atoms with Crippen LogP contribution < -0.4 is 14.8 Å². The molecular formula is C20H15BrF3N3O5S. The summed E-state index contributed by atoms with van der Waals surface area (Å²) in [6.07, 6.45) is -3.26. The third-order valence-electron chi connectivity index (χ3n) is 4.13. The number of carbonyl (C=O) groups excluding carboxylic acids is 1. The molecule has 1 aromatic carbocycles. The van der Waals surface area contributed by atoms with Gasteiger partial charge in [-0.25, -0.2) is 18.4 Å². The number of halogens is 4. The molecule has 0 aliphatic carbocycles. The van der Waals surface area contributed by atoms with Crippen LogP contribution in [0.25, 0.3) is 0 Å². The van der Waals surface area contributed by atoms with Crippen molar-refractivity contribution in [1.29, 1.82) is 0 Å². The fraction of sp³-hybridized carbons (Fsp3) is 0.150. The highest BCUT2D eigenvalue weighted by Gasteiger charge is 2.33. The molecule has 0 saturated heterocycles. The maximum atomic E-state index is 13.2. The lowest BCUT2D eigenvalue weighted by Crippen LogP contribution is -2.16. The van der Waals surface area contributed by atoms with Gasteiger partial charge >= 0.3 is 6.18 Å². The van der Waals surface area contributed by atoms with Gasteiger partial charge in [0.15, 0.2) is 15.6 Å². The van der Waals surface area contributed by atoms with E-state index in [0.717, 1.165) is 6.26 Å². The molecule has 0 bridgehead atoms. The average molecular weight is 546 g/mol. The smallest absolute Gasteiger partial charge is 0.417 e. The second kappa shape index (κ2) is 9.35. The van der Waals surface area contributed by atoms with Crippen molar-refractivity contribution in [2.24, 2.45) is 0 Å². The van der Waals surface area contributed by atoms with E-state index in [2.05, 4.69) is 31.2 Å². The third kappa shape index (κ3) is 5.99. The first kappa shape index (κ1) is 24.5. The number of amides is 1. The van der Waals surface area contributed by atoms with Crippen LogP contribution in [0, 0.1) is 0 Å². The fourth-order valence-electron chi connectivity index (χ4n) is 2.59. The average Bonchev–Trinajstić information content (AvgIpc) is 2.74. The summed E-state index contributed by atoms with van der Waals surface area (Å²) in [5, 5.41) is 2.37. The van der Waals surface area contributed by atoms with Gasteiger partial charge < -0.3 is 14.8 Å². The standard InChI is InChI=1S/C20H15BrF3N3O5S/c1-31-19-15(6-7-16(21)27-19)32-18-14(8-11(10-25-18)20(22,23)24)17(28)26-12-4-3-5-13(9-12)33(2,29)30/h3-10H,1-2H3,(H,26,28). The van der Waals surface area contributed by atoms with Crippen LogP contribution in [0.2, 0.25) is 0 Å². The highest BCUT2D eigenvalue weighted by Crippen LogP contribution is 2.35. The predicted octanol–water partition coefficient (Wildman–Crippen LogP) is 4.71. The van der Waals surface area contributed by atoms with Gasteiger partial charge in [0.05, 0.1) is 17.6 Å². The second-order valence-corrected chi connectivity index (χ2v) is 9.40. The number of hydrogen-bond donors (Lipinski definition) is 1.